The van der Waals surface area contributed by atoms with Crippen LogP contribution in [0.5, 0.6) is 11.5 Å². The molecular formula is C21H26N2O4. The lowest BCUT2D eigenvalue weighted by Gasteiger charge is -2.14. The molecule has 0 radical (unpaired) electrons. The number of nitrogens with one attached hydrogen (secondary N) is 1. The minimum atomic E-state index is -0.542. The van der Waals surface area contributed by atoms with Crippen molar-refractivity contribution in [3.8, 4) is 11.5 Å². The van der Waals surface area contributed by atoms with Crippen molar-refractivity contribution in [2.45, 2.75) is 32.4 Å². The Morgan fingerprint density at radius 1 is 1.30 bits per heavy atom. The number of phenolic OH excluding ortho intramolecular Hbond substituents is 1. The number of likely N-dealkylation sites (N-methyl/N-ethyl adjacent to an activating group) is 1. The Kier molecular flexibility index (Phi) is 7.82. The molecule has 0 unspecified atom stereocenters. The second kappa shape index (κ2) is 10.3. The number of carbonyl (C=O) groups excluding carboxylic acids is 1. The first-order valence-electron chi connectivity index (χ1n) is 8.90. The highest BCUT2D eigenvalue weighted by Crippen LogP contribution is 2.17. The summed E-state index contributed by atoms with van der Waals surface area (Å²) in [6.45, 7) is 4.13. The molecule has 6 heteroatoms. The molecule has 0 fully saturated rings. The number of aromatic nitrogens is 1. The van der Waals surface area contributed by atoms with E-state index in [4.69, 9.17) is 9.47 Å². The van der Waals surface area contributed by atoms with E-state index in [1.165, 1.54) is 12.1 Å². The molecule has 6 nitrogen and oxygen atoms in total. The molecule has 1 heterocycles. The zero-order chi connectivity index (χ0) is 19.6. The summed E-state index contributed by atoms with van der Waals surface area (Å²) in [5, 5.41) is 12.8. The molecular weight excluding hydrogens is 344 g/mol. The van der Waals surface area contributed by atoms with Gasteiger partial charge >= 0.3 is 5.97 Å². The number of rotatable bonds is 9. The van der Waals surface area contributed by atoms with Crippen molar-refractivity contribution < 1.29 is 19.4 Å². The van der Waals surface area contributed by atoms with Crippen LogP contribution in [0, 0.1) is 0 Å². The summed E-state index contributed by atoms with van der Waals surface area (Å²) in [5.41, 5.74) is 1.10. The summed E-state index contributed by atoms with van der Waals surface area (Å²) in [5.74, 6) is 0.105. The fraction of sp³-hybridized carbons (Fsp3) is 0.333. The van der Waals surface area contributed by atoms with E-state index in [9.17, 15) is 9.90 Å². The molecule has 2 rings (SSSR count). The van der Waals surface area contributed by atoms with Crippen LogP contribution >= 0.6 is 0 Å². The van der Waals surface area contributed by atoms with Crippen LogP contribution in [0.3, 0.4) is 0 Å². The molecule has 2 aromatic rings. The monoisotopic (exact) mass is 370 g/mol. The third-order valence-corrected chi connectivity index (χ3v) is 3.78. The van der Waals surface area contributed by atoms with E-state index in [-0.39, 0.29) is 30.1 Å². The minimum absolute atomic E-state index is 0.0425. The summed E-state index contributed by atoms with van der Waals surface area (Å²) < 4.78 is 10.9. The molecule has 1 aromatic carbocycles. The van der Waals surface area contributed by atoms with Crippen molar-refractivity contribution in [2.75, 3.05) is 13.7 Å². The normalized spacial score (nSPS) is 12.3. The molecule has 144 valence electrons. The average Bonchev–Trinajstić information content (AvgIpc) is 2.64. The number of nitrogens with zero attached hydrogens (tertiary/aromatic N) is 1. The van der Waals surface area contributed by atoms with E-state index in [1.54, 1.807) is 24.5 Å². The smallest absolute Gasteiger partial charge is 0.341 e. The van der Waals surface area contributed by atoms with Crippen molar-refractivity contribution >= 4 is 12.0 Å². The fourth-order valence-corrected chi connectivity index (χ4v) is 2.40. The highest BCUT2D eigenvalue weighted by Gasteiger charge is 2.14. The van der Waals surface area contributed by atoms with Crippen LogP contribution in [0.15, 0.2) is 48.8 Å². The molecule has 0 aliphatic carbocycles. The molecule has 0 aliphatic heterocycles. The molecule has 0 saturated heterocycles. The Morgan fingerprint density at radius 3 is 2.78 bits per heavy atom. The van der Waals surface area contributed by atoms with Crippen LogP contribution in [0.2, 0.25) is 0 Å². The largest absolute Gasteiger partial charge is 0.507 e. The van der Waals surface area contributed by atoms with Gasteiger partial charge in [-0.05, 0) is 51.1 Å². The van der Waals surface area contributed by atoms with Crippen molar-refractivity contribution in [1.29, 1.82) is 0 Å². The molecule has 0 bridgehead atoms. The molecule has 27 heavy (non-hydrogen) atoms. The van der Waals surface area contributed by atoms with Crippen molar-refractivity contribution in [3.63, 3.8) is 0 Å². The number of hydrogen-bond acceptors (Lipinski definition) is 6. The number of hydrogen-bond donors (Lipinski definition) is 2. The number of esters is 1. The topological polar surface area (TPSA) is 80.7 Å². The number of pyridine rings is 1. The highest BCUT2D eigenvalue weighted by atomic mass is 16.5. The highest BCUT2D eigenvalue weighted by molar-refractivity contribution is 5.92. The van der Waals surface area contributed by atoms with Gasteiger partial charge in [0.1, 0.15) is 23.7 Å². The van der Waals surface area contributed by atoms with Gasteiger partial charge in [0.15, 0.2) is 0 Å². The van der Waals surface area contributed by atoms with Crippen LogP contribution in [-0.2, 0) is 4.74 Å². The zero-order valence-electron chi connectivity index (χ0n) is 15.9. The number of carbonyl (C=O) groups is 1. The third kappa shape index (κ3) is 6.75. The van der Waals surface area contributed by atoms with E-state index >= 15 is 0 Å². The van der Waals surface area contributed by atoms with Gasteiger partial charge in [0.2, 0.25) is 0 Å². The lowest BCUT2D eigenvalue weighted by Crippen LogP contribution is -2.31. The number of aromatic hydroxyl groups is 1. The molecule has 0 aliphatic rings. The van der Waals surface area contributed by atoms with E-state index in [0.717, 1.165) is 11.3 Å². The van der Waals surface area contributed by atoms with Crippen LogP contribution < -0.4 is 10.1 Å². The second-order valence-electron chi connectivity index (χ2n) is 6.36. The number of ether oxygens (including phenoxy) is 2. The Bertz CT molecular complexity index is 774. The van der Waals surface area contributed by atoms with Gasteiger partial charge in [-0.2, -0.15) is 0 Å². The van der Waals surface area contributed by atoms with Crippen molar-refractivity contribution in [2.24, 2.45) is 0 Å². The van der Waals surface area contributed by atoms with Gasteiger partial charge in [-0.25, -0.2) is 4.79 Å². The lowest BCUT2D eigenvalue weighted by molar-refractivity contribution is 0.0466. The molecule has 1 atom stereocenters. The molecule has 0 amide bonds. The Labute approximate surface area is 159 Å². The number of para-hydroxylation sites is 1. The second-order valence-corrected chi connectivity index (χ2v) is 6.36. The van der Waals surface area contributed by atoms with Crippen molar-refractivity contribution in [1.82, 2.24) is 10.3 Å². The van der Waals surface area contributed by atoms with Gasteiger partial charge in [-0.1, -0.05) is 24.3 Å². The lowest BCUT2D eigenvalue weighted by atomic mass is 10.1. The summed E-state index contributed by atoms with van der Waals surface area (Å²) in [6, 6.07) is 8.21. The minimum Gasteiger partial charge on any atom is -0.507 e. The summed E-state index contributed by atoms with van der Waals surface area (Å²) in [4.78, 5) is 16.2. The van der Waals surface area contributed by atoms with Crippen LogP contribution in [0.4, 0.5) is 0 Å². The SMILES string of the molecule is CN[C@H](C/C=C/c1cncc(OC(C)C)c1)COC(=O)c1ccccc1O. The first-order chi connectivity index (χ1) is 13.0. The zero-order valence-corrected chi connectivity index (χ0v) is 15.9. The predicted octanol–water partition coefficient (Wildman–Crippen LogP) is 3.42. The van der Waals surface area contributed by atoms with Crippen molar-refractivity contribution in [3.05, 3.63) is 59.9 Å². The van der Waals surface area contributed by atoms with Gasteiger partial charge in [0, 0.05) is 12.2 Å². The molecule has 0 saturated carbocycles. The Balaban J connectivity index is 1.87. The fourth-order valence-electron chi connectivity index (χ4n) is 2.40. The molecule has 1 aromatic heterocycles. The van der Waals surface area contributed by atoms with E-state index in [2.05, 4.69) is 10.3 Å². The van der Waals surface area contributed by atoms with Crippen LogP contribution in [0.1, 0.15) is 36.2 Å². The van der Waals surface area contributed by atoms with E-state index in [0.29, 0.717) is 6.42 Å². The van der Waals surface area contributed by atoms with E-state index in [1.807, 2.05) is 39.1 Å². The summed E-state index contributed by atoms with van der Waals surface area (Å²) in [7, 11) is 1.81. The van der Waals surface area contributed by atoms with Gasteiger partial charge in [-0.15, -0.1) is 0 Å². The third-order valence-electron chi connectivity index (χ3n) is 3.78. The molecule has 0 spiro atoms. The molecule has 2 N–H and O–H groups in total. The maximum Gasteiger partial charge on any atom is 0.341 e. The quantitative estimate of drug-likeness (QED) is 0.658. The number of benzene rings is 1. The first kappa shape index (κ1) is 20.5. The van der Waals surface area contributed by atoms with Crippen LogP contribution in [-0.4, -0.2) is 41.9 Å². The predicted molar refractivity (Wildman–Crippen MR) is 105 cm³/mol. The van der Waals surface area contributed by atoms with Crippen LogP contribution in [0.25, 0.3) is 6.08 Å². The maximum atomic E-state index is 12.1. The summed E-state index contributed by atoms with van der Waals surface area (Å²) in [6.07, 6.45) is 8.15. The first-order valence-corrected chi connectivity index (χ1v) is 8.90. The van der Waals surface area contributed by atoms with E-state index < -0.39 is 5.97 Å². The Hall–Kier alpha value is -2.86. The summed E-state index contributed by atoms with van der Waals surface area (Å²) >= 11 is 0. The van der Waals surface area contributed by atoms with Gasteiger partial charge < -0.3 is 19.9 Å². The number of phenols is 1. The standard InChI is InChI=1S/C21H26N2O4/c1-15(2)27-18-11-16(12-23-13-18)7-6-8-17(22-3)14-26-21(25)19-9-4-5-10-20(19)24/h4-7,9-13,15,17,22,24H,8,14H2,1-3H3/b7-6+/t17-/m1/s1. The Morgan fingerprint density at radius 2 is 2.07 bits per heavy atom. The maximum absolute atomic E-state index is 12.1. The average molecular weight is 370 g/mol. The van der Waals surface area contributed by atoms with Gasteiger partial charge in [-0.3, -0.25) is 4.98 Å². The van der Waals surface area contributed by atoms with Gasteiger partial charge in [0.05, 0.1) is 12.3 Å². The van der Waals surface area contributed by atoms with Gasteiger partial charge in [0.25, 0.3) is 0 Å².